The van der Waals surface area contributed by atoms with Crippen LogP contribution in [0.2, 0.25) is 0 Å². The topological polar surface area (TPSA) is 0 Å². The first kappa shape index (κ1) is 2.08. The van der Waals surface area contributed by atoms with Gasteiger partial charge in [0.05, 0.1) is 1.12 Å². The molecule has 0 radical (unpaired) electrons. The molecule has 0 saturated carbocycles. The third-order valence-corrected chi connectivity index (χ3v) is 1.14. The Morgan fingerprint density at radius 3 is 2.20 bits per heavy atom. The SMILES string of the molecule is [2H][SH]1C=CC=C1. The standard InChI is InChI=1S/C4H6S/c1-2-4-5-3-1/h1-4H,5H2/i5D. The van der Waals surface area contributed by atoms with Gasteiger partial charge in [0.1, 0.15) is 0 Å². The van der Waals surface area contributed by atoms with Gasteiger partial charge >= 0.3 is 0 Å². The molecule has 1 heteroatoms. The van der Waals surface area contributed by atoms with E-state index in [1.54, 1.807) is 0 Å². The number of hydrogen-bond acceptors (Lipinski definition) is 0. The van der Waals surface area contributed by atoms with Crippen LogP contribution in [0.25, 0.3) is 0 Å². The summed E-state index contributed by atoms with van der Waals surface area (Å²) in [6.07, 6.45) is 3.83. The molecular weight excluding hydrogens is 80.1 g/mol. The van der Waals surface area contributed by atoms with Gasteiger partial charge in [-0.05, 0) is 10.8 Å². The molecule has 0 unspecified atom stereocenters. The van der Waals surface area contributed by atoms with E-state index in [9.17, 15) is 0 Å². The fraction of sp³-hybridized carbons (Fsp3) is 0. The average molecular weight is 87.2 g/mol. The van der Waals surface area contributed by atoms with E-state index in [2.05, 4.69) is 0 Å². The maximum absolute atomic E-state index is 7.02. The van der Waals surface area contributed by atoms with E-state index < -0.39 is 11.7 Å². The molecule has 1 rings (SSSR count). The summed E-state index contributed by atoms with van der Waals surface area (Å²) in [4.78, 5) is 0. The fourth-order valence-corrected chi connectivity index (χ4v) is 0.745. The molecule has 0 nitrogen and oxygen atoms in total. The average Bonchev–Trinajstić information content (AvgIpc) is 1.86. The van der Waals surface area contributed by atoms with Crippen molar-refractivity contribution in [1.82, 2.24) is 0 Å². The van der Waals surface area contributed by atoms with Crippen LogP contribution < -0.4 is 0 Å². The van der Waals surface area contributed by atoms with Crippen molar-refractivity contribution >= 4 is 11.7 Å². The van der Waals surface area contributed by atoms with Crippen LogP contribution in [0.3, 0.4) is 0 Å². The lowest BCUT2D eigenvalue weighted by Crippen LogP contribution is -1.21. The van der Waals surface area contributed by atoms with Gasteiger partial charge in [-0.25, -0.2) is 11.7 Å². The van der Waals surface area contributed by atoms with E-state index in [4.69, 9.17) is 1.12 Å². The molecule has 1 aliphatic rings. The molecule has 1 aliphatic heterocycles. The summed E-state index contributed by atoms with van der Waals surface area (Å²) >= 11 is -0.576. The van der Waals surface area contributed by atoms with Crippen LogP contribution in [0.4, 0.5) is 0 Å². The summed E-state index contributed by atoms with van der Waals surface area (Å²) in [5.41, 5.74) is 0. The van der Waals surface area contributed by atoms with Crippen molar-refractivity contribution in [2.45, 2.75) is 0 Å². The molecule has 0 amide bonds. The molecule has 0 saturated heterocycles. The molecule has 0 spiro atoms. The van der Waals surface area contributed by atoms with Crippen molar-refractivity contribution in [3.05, 3.63) is 23.0 Å². The van der Waals surface area contributed by atoms with Gasteiger partial charge < -0.3 is 0 Å². The van der Waals surface area contributed by atoms with Crippen LogP contribution in [0, 0.1) is 0 Å². The predicted octanol–water partition coefficient (Wildman–Crippen LogP) is 1.23. The molecule has 0 aliphatic carbocycles. The smallest absolute Gasteiger partial charge is 0.0878 e. The first-order valence-corrected chi connectivity index (χ1v) is 2.55. The first-order chi connectivity index (χ1) is 2.89. The Balaban J connectivity index is 2.60. The van der Waals surface area contributed by atoms with Crippen LogP contribution in [0.1, 0.15) is 0 Å². The van der Waals surface area contributed by atoms with Gasteiger partial charge in [-0.15, -0.1) is 0 Å². The summed E-state index contributed by atoms with van der Waals surface area (Å²) in [6.45, 7) is 0. The van der Waals surface area contributed by atoms with Gasteiger partial charge in [0.15, 0.2) is 0 Å². The van der Waals surface area contributed by atoms with Gasteiger partial charge in [-0.1, -0.05) is 12.2 Å². The maximum Gasteiger partial charge on any atom is 0.0878 e. The summed E-state index contributed by atoms with van der Waals surface area (Å²) < 4.78 is 7.02. The molecule has 0 aromatic carbocycles. The van der Waals surface area contributed by atoms with Crippen molar-refractivity contribution in [3.63, 3.8) is 0 Å². The molecule has 0 bridgehead atoms. The van der Waals surface area contributed by atoms with E-state index in [-0.39, 0.29) is 0 Å². The molecule has 0 N–H and O–H groups in total. The molecular formula is C4H6S. The zero-order chi connectivity index (χ0) is 4.41. The summed E-state index contributed by atoms with van der Waals surface area (Å²) in [5, 5.41) is 3.80. The number of hydrogen-bond donors (Lipinski definition) is 0. The lowest BCUT2D eigenvalue weighted by atomic mass is 10.6. The highest BCUT2D eigenvalue weighted by Crippen LogP contribution is 2.09. The fourth-order valence-electron chi connectivity index (χ4n) is 0.248. The van der Waals surface area contributed by atoms with Crippen molar-refractivity contribution in [3.8, 4) is 0 Å². The Kier molecular flexibility index (Phi) is 0.548. The van der Waals surface area contributed by atoms with Crippen LogP contribution in [-0.4, -0.2) is 1.12 Å². The third kappa shape index (κ3) is 0.550. The molecule has 0 atom stereocenters. The van der Waals surface area contributed by atoms with E-state index >= 15 is 0 Å². The molecule has 28 valence electrons. The van der Waals surface area contributed by atoms with Gasteiger partial charge in [0.25, 0.3) is 0 Å². The van der Waals surface area contributed by atoms with Gasteiger partial charge in [-0.2, -0.15) is 0 Å². The minimum absolute atomic E-state index is 0.576. The number of allylic oxidation sites excluding steroid dienone is 2. The van der Waals surface area contributed by atoms with Crippen molar-refractivity contribution in [1.29, 1.82) is 1.12 Å². The van der Waals surface area contributed by atoms with Gasteiger partial charge in [0.2, 0.25) is 0 Å². The zero-order valence-corrected chi connectivity index (χ0v) is 3.65. The number of rotatable bonds is 0. The minimum atomic E-state index is -0.576. The quantitative estimate of drug-likeness (QED) is 0.417. The van der Waals surface area contributed by atoms with Crippen molar-refractivity contribution < 1.29 is 0 Å². The molecule has 0 aromatic heterocycles. The largest absolute Gasteiger partial charge is 0.226 e. The monoisotopic (exact) mass is 87.0 g/mol. The second-order valence-corrected chi connectivity index (χ2v) is 1.73. The van der Waals surface area contributed by atoms with Crippen molar-refractivity contribution in [2.24, 2.45) is 0 Å². The normalized spacial score (nSPS) is 28.0. The Hall–Kier alpha value is -0.170. The first-order valence-electron chi connectivity index (χ1n) is 1.96. The molecule has 5 heavy (non-hydrogen) atoms. The third-order valence-electron chi connectivity index (χ3n) is 0.455. The highest BCUT2D eigenvalue weighted by atomic mass is 32.2. The predicted molar refractivity (Wildman–Crippen MR) is 28.7 cm³/mol. The molecule has 0 fully saturated rings. The molecule has 1 heterocycles. The molecule has 0 aromatic rings. The second-order valence-electron chi connectivity index (χ2n) is 0.832. The van der Waals surface area contributed by atoms with Crippen LogP contribution in [-0.2, 0) is 0 Å². The summed E-state index contributed by atoms with van der Waals surface area (Å²) in [6, 6.07) is 0. The lowest BCUT2D eigenvalue weighted by Gasteiger charge is -1.65. The van der Waals surface area contributed by atoms with Crippen LogP contribution in [0.15, 0.2) is 23.0 Å². The van der Waals surface area contributed by atoms with E-state index in [0.29, 0.717) is 0 Å². The summed E-state index contributed by atoms with van der Waals surface area (Å²) in [7, 11) is 0. The lowest BCUT2D eigenvalue weighted by molar-refractivity contribution is 2.15. The Labute approximate surface area is 36.7 Å². The van der Waals surface area contributed by atoms with E-state index in [1.807, 2.05) is 23.0 Å². The Morgan fingerprint density at radius 1 is 1.40 bits per heavy atom. The minimum Gasteiger partial charge on any atom is -0.226 e. The van der Waals surface area contributed by atoms with Gasteiger partial charge in [0, 0.05) is 0 Å². The van der Waals surface area contributed by atoms with Crippen LogP contribution in [0.5, 0.6) is 0 Å². The highest BCUT2D eigenvalue weighted by molar-refractivity contribution is 8.05. The second kappa shape index (κ2) is 1.31. The maximum atomic E-state index is 7.02. The van der Waals surface area contributed by atoms with E-state index in [0.717, 1.165) is 0 Å². The van der Waals surface area contributed by atoms with E-state index in [1.165, 1.54) is 0 Å². The Morgan fingerprint density at radius 2 is 2.00 bits per heavy atom. The zero-order valence-electron chi connectivity index (χ0n) is 3.76. The highest BCUT2D eigenvalue weighted by Gasteiger charge is 1.68. The van der Waals surface area contributed by atoms with Gasteiger partial charge in [-0.3, -0.25) is 0 Å². The van der Waals surface area contributed by atoms with Crippen LogP contribution >= 0.6 is 11.7 Å². The Bertz CT molecular complexity index is 83.7. The summed E-state index contributed by atoms with van der Waals surface area (Å²) in [5.74, 6) is 0. The van der Waals surface area contributed by atoms with Crippen molar-refractivity contribution in [2.75, 3.05) is 0 Å².